The molecule has 0 aliphatic carbocycles. The number of hydrogen-bond acceptors (Lipinski definition) is 5. The highest BCUT2D eigenvalue weighted by Crippen LogP contribution is 2.31. The quantitative estimate of drug-likeness (QED) is 0.486. The van der Waals surface area contributed by atoms with E-state index in [4.69, 9.17) is 4.74 Å². The number of aryl methyl sites for hydroxylation is 1. The van der Waals surface area contributed by atoms with Crippen molar-refractivity contribution in [1.82, 2.24) is 10.2 Å². The molecule has 2 aromatic carbocycles. The first-order chi connectivity index (χ1) is 15.8. The zero-order valence-electron chi connectivity index (χ0n) is 20.3. The number of methoxy groups -OCH3 is 1. The van der Waals surface area contributed by atoms with Crippen LogP contribution in [0.5, 0.6) is 5.75 Å². The number of nitrogens with one attached hydrogen (secondary N) is 1. The van der Waals surface area contributed by atoms with Gasteiger partial charge in [0.2, 0.25) is 21.8 Å². The van der Waals surface area contributed by atoms with Gasteiger partial charge in [0, 0.05) is 17.1 Å². The Morgan fingerprint density at radius 1 is 1.12 bits per heavy atom. The molecule has 0 fully saturated rings. The summed E-state index contributed by atoms with van der Waals surface area (Å²) >= 11 is 3.42. The van der Waals surface area contributed by atoms with Gasteiger partial charge in [-0.3, -0.25) is 13.9 Å². The Morgan fingerprint density at radius 3 is 2.35 bits per heavy atom. The van der Waals surface area contributed by atoms with Gasteiger partial charge in [-0.15, -0.1) is 0 Å². The van der Waals surface area contributed by atoms with Crippen LogP contribution in [0.25, 0.3) is 0 Å². The van der Waals surface area contributed by atoms with Gasteiger partial charge < -0.3 is 15.0 Å². The van der Waals surface area contributed by atoms with Gasteiger partial charge in [0.25, 0.3) is 0 Å². The van der Waals surface area contributed by atoms with Crippen molar-refractivity contribution in [2.75, 3.05) is 24.2 Å². The summed E-state index contributed by atoms with van der Waals surface area (Å²) in [5, 5.41) is 2.82. The first kappa shape index (κ1) is 27.7. The highest BCUT2D eigenvalue weighted by molar-refractivity contribution is 9.10. The van der Waals surface area contributed by atoms with Crippen molar-refractivity contribution >= 4 is 43.5 Å². The smallest absolute Gasteiger partial charge is 0.244 e. The van der Waals surface area contributed by atoms with Crippen LogP contribution in [0.4, 0.5) is 5.69 Å². The molecular weight excluding hydrogens is 522 g/mol. The maximum absolute atomic E-state index is 13.6. The van der Waals surface area contributed by atoms with E-state index in [0.717, 1.165) is 26.2 Å². The number of carbonyl (C=O) groups excluding carboxylic acids is 2. The lowest BCUT2D eigenvalue weighted by Gasteiger charge is -2.32. The minimum atomic E-state index is -3.84. The predicted molar refractivity (Wildman–Crippen MR) is 137 cm³/mol. The summed E-state index contributed by atoms with van der Waals surface area (Å²) in [6.45, 7) is 6.77. The first-order valence-corrected chi connectivity index (χ1v) is 13.4. The molecule has 2 amide bonds. The molecule has 0 unspecified atom stereocenters. The number of benzene rings is 2. The second kappa shape index (κ2) is 11.7. The molecule has 0 heterocycles. The molecule has 0 radical (unpaired) electrons. The van der Waals surface area contributed by atoms with Gasteiger partial charge in [0.1, 0.15) is 18.3 Å². The van der Waals surface area contributed by atoms with Crippen LogP contribution in [0.2, 0.25) is 0 Å². The van der Waals surface area contributed by atoms with Crippen molar-refractivity contribution < 1.29 is 22.7 Å². The van der Waals surface area contributed by atoms with Crippen LogP contribution in [-0.2, 0) is 26.2 Å². The molecule has 0 aromatic heterocycles. The summed E-state index contributed by atoms with van der Waals surface area (Å²) in [4.78, 5) is 27.7. The Bertz CT molecular complexity index is 1140. The Labute approximate surface area is 210 Å². The van der Waals surface area contributed by atoms with Crippen LogP contribution < -0.4 is 14.4 Å². The van der Waals surface area contributed by atoms with Crippen LogP contribution >= 0.6 is 15.9 Å². The second-order valence-electron chi connectivity index (χ2n) is 8.44. The van der Waals surface area contributed by atoms with E-state index in [1.165, 1.54) is 12.0 Å². The molecule has 10 heteroatoms. The monoisotopic (exact) mass is 553 g/mol. The lowest BCUT2D eigenvalue weighted by molar-refractivity contribution is -0.139. The lowest BCUT2D eigenvalue weighted by atomic mass is 10.1. The van der Waals surface area contributed by atoms with Crippen molar-refractivity contribution in [3.8, 4) is 5.75 Å². The van der Waals surface area contributed by atoms with Crippen LogP contribution in [0.1, 0.15) is 31.9 Å². The van der Waals surface area contributed by atoms with Crippen LogP contribution in [0, 0.1) is 6.92 Å². The number of sulfonamides is 1. The van der Waals surface area contributed by atoms with E-state index >= 15 is 0 Å². The molecule has 186 valence electrons. The molecule has 8 nitrogen and oxygen atoms in total. The van der Waals surface area contributed by atoms with E-state index in [-0.39, 0.29) is 24.2 Å². The number of carbonyl (C=O) groups is 2. The highest BCUT2D eigenvalue weighted by atomic mass is 79.9. The van der Waals surface area contributed by atoms with E-state index in [1.807, 2.05) is 45.0 Å². The molecule has 2 aromatic rings. The Morgan fingerprint density at radius 2 is 1.79 bits per heavy atom. The zero-order valence-corrected chi connectivity index (χ0v) is 22.7. The number of anilines is 1. The second-order valence-corrected chi connectivity index (χ2v) is 11.3. The average Bonchev–Trinajstić information content (AvgIpc) is 2.74. The van der Waals surface area contributed by atoms with Gasteiger partial charge in [0.05, 0.1) is 19.1 Å². The molecule has 0 bridgehead atoms. The van der Waals surface area contributed by atoms with Crippen molar-refractivity contribution in [3.05, 3.63) is 58.1 Å². The molecule has 0 aliphatic heterocycles. The third-order valence-electron chi connectivity index (χ3n) is 5.12. The number of nitrogens with zero attached hydrogens (tertiary/aromatic N) is 2. The minimum Gasteiger partial charge on any atom is -0.495 e. The molecule has 2 rings (SSSR count). The van der Waals surface area contributed by atoms with Gasteiger partial charge in [-0.05, 0) is 63.1 Å². The number of amides is 2. The van der Waals surface area contributed by atoms with Crippen LogP contribution in [0.3, 0.4) is 0 Å². The molecule has 0 aliphatic rings. The van der Waals surface area contributed by atoms with E-state index < -0.39 is 28.5 Å². The van der Waals surface area contributed by atoms with Crippen molar-refractivity contribution in [2.24, 2.45) is 0 Å². The largest absolute Gasteiger partial charge is 0.495 e. The number of halogens is 1. The van der Waals surface area contributed by atoms with Crippen molar-refractivity contribution in [2.45, 2.75) is 46.3 Å². The summed E-state index contributed by atoms with van der Waals surface area (Å²) < 4.78 is 32.7. The first-order valence-electron chi connectivity index (χ1n) is 10.8. The molecule has 0 saturated heterocycles. The Kier molecular flexibility index (Phi) is 9.52. The Hall–Kier alpha value is -2.59. The SMILES string of the molecule is COc1ccc(C)cc1N(CC(=O)N(Cc1cccc(Br)c1)[C@@H](C)C(=O)NC(C)C)S(C)(=O)=O. The van der Waals surface area contributed by atoms with Crippen LogP contribution in [0.15, 0.2) is 46.9 Å². The van der Waals surface area contributed by atoms with Gasteiger partial charge >= 0.3 is 0 Å². The number of hydrogen-bond donors (Lipinski definition) is 1. The third kappa shape index (κ3) is 7.46. The van der Waals surface area contributed by atoms with E-state index in [0.29, 0.717) is 5.75 Å². The normalized spacial score (nSPS) is 12.2. The van der Waals surface area contributed by atoms with Crippen molar-refractivity contribution in [3.63, 3.8) is 0 Å². The fourth-order valence-electron chi connectivity index (χ4n) is 3.41. The highest BCUT2D eigenvalue weighted by Gasteiger charge is 2.31. The average molecular weight is 555 g/mol. The van der Waals surface area contributed by atoms with E-state index in [2.05, 4.69) is 21.2 Å². The fraction of sp³-hybridized carbons (Fsp3) is 0.417. The minimum absolute atomic E-state index is 0.109. The molecular formula is C24H32BrN3O5S. The standard InChI is InChI=1S/C24H32BrN3O5S/c1-16(2)26-24(30)18(4)27(14-19-8-7-9-20(25)13-19)23(29)15-28(34(6,31)32)21-12-17(3)10-11-22(21)33-5/h7-13,16,18H,14-15H2,1-6H3,(H,26,30)/t18-/m0/s1. The van der Waals surface area contributed by atoms with Gasteiger partial charge in [-0.25, -0.2) is 8.42 Å². The molecule has 1 atom stereocenters. The summed E-state index contributed by atoms with van der Waals surface area (Å²) in [6, 6.07) is 11.6. The molecule has 34 heavy (non-hydrogen) atoms. The van der Waals surface area contributed by atoms with Gasteiger partial charge in [0.15, 0.2) is 0 Å². The summed E-state index contributed by atoms with van der Waals surface area (Å²) in [6.07, 6.45) is 1.04. The third-order valence-corrected chi connectivity index (χ3v) is 6.74. The number of ether oxygens (including phenoxy) is 1. The predicted octanol–water partition coefficient (Wildman–Crippen LogP) is 3.47. The van der Waals surface area contributed by atoms with Crippen LogP contribution in [-0.4, -0.2) is 57.1 Å². The Balaban J connectivity index is 2.47. The van der Waals surface area contributed by atoms with Crippen molar-refractivity contribution in [1.29, 1.82) is 0 Å². The van der Waals surface area contributed by atoms with Gasteiger partial charge in [-0.2, -0.15) is 0 Å². The van der Waals surface area contributed by atoms with E-state index in [9.17, 15) is 18.0 Å². The maximum atomic E-state index is 13.6. The topological polar surface area (TPSA) is 96.0 Å². The van der Waals surface area contributed by atoms with E-state index in [1.54, 1.807) is 25.1 Å². The fourth-order valence-corrected chi connectivity index (χ4v) is 4.70. The molecule has 1 N–H and O–H groups in total. The summed E-state index contributed by atoms with van der Waals surface area (Å²) in [5.41, 5.74) is 1.87. The zero-order chi connectivity index (χ0) is 25.6. The molecule has 0 saturated carbocycles. The van der Waals surface area contributed by atoms with Gasteiger partial charge in [-0.1, -0.05) is 34.1 Å². The maximum Gasteiger partial charge on any atom is 0.244 e. The molecule has 0 spiro atoms. The summed E-state index contributed by atoms with van der Waals surface area (Å²) in [7, 11) is -2.40. The number of rotatable bonds is 10. The summed E-state index contributed by atoms with van der Waals surface area (Å²) in [5.74, 6) is -0.509. The lowest BCUT2D eigenvalue weighted by Crippen LogP contribution is -2.52.